The fourth-order valence-corrected chi connectivity index (χ4v) is 1.68. The Morgan fingerprint density at radius 3 is 3.07 bits per heavy atom. The van der Waals surface area contributed by atoms with Gasteiger partial charge in [0, 0.05) is 6.61 Å². The first-order chi connectivity index (χ1) is 7.29. The third kappa shape index (κ3) is 2.45. The fraction of sp³-hybridized carbons (Fsp3) is 0.778. The molecule has 1 fully saturated rings. The van der Waals surface area contributed by atoms with Crippen LogP contribution in [0.1, 0.15) is 25.7 Å². The molecule has 15 heavy (non-hydrogen) atoms. The van der Waals surface area contributed by atoms with Crippen LogP contribution in [0.15, 0.2) is 4.42 Å². The van der Waals surface area contributed by atoms with Gasteiger partial charge in [0.25, 0.3) is 0 Å². The van der Waals surface area contributed by atoms with Crippen molar-refractivity contribution < 1.29 is 9.15 Å². The Balaban J connectivity index is 1.89. The third-order valence-corrected chi connectivity index (χ3v) is 2.52. The van der Waals surface area contributed by atoms with Crippen molar-refractivity contribution in [3.05, 3.63) is 5.89 Å². The number of anilines is 1. The van der Waals surface area contributed by atoms with Gasteiger partial charge in [-0.05, 0) is 19.8 Å². The van der Waals surface area contributed by atoms with Crippen LogP contribution in [-0.4, -0.2) is 29.0 Å². The van der Waals surface area contributed by atoms with Crippen molar-refractivity contribution in [1.29, 1.82) is 0 Å². The summed E-state index contributed by atoms with van der Waals surface area (Å²) in [7, 11) is 0. The molecular formula is C9H16N4O2. The molecule has 0 saturated carbocycles. The highest BCUT2D eigenvalue weighted by molar-refractivity contribution is 5.19. The largest absolute Gasteiger partial charge is 0.407 e. The van der Waals surface area contributed by atoms with E-state index in [2.05, 4.69) is 15.5 Å². The Morgan fingerprint density at radius 2 is 2.47 bits per heavy atom. The van der Waals surface area contributed by atoms with Crippen LogP contribution in [0, 0.1) is 0 Å². The Morgan fingerprint density at radius 1 is 1.60 bits per heavy atom. The van der Waals surface area contributed by atoms with Gasteiger partial charge in [0.15, 0.2) is 0 Å². The molecule has 1 saturated heterocycles. The van der Waals surface area contributed by atoms with Crippen LogP contribution in [0.3, 0.4) is 0 Å². The number of nitrogens with one attached hydrogen (secondary N) is 1. The van der Waals surface area contributed by atoms with Crippen LogP contribution in [0.2, 0.25) is 0 Å². The van der Waals surface area contributed by atoms with Crippen molar-refractivity contribution >= 4 is 6.01 Å². The van der Waals surface area contributed by atoms with Crippen molar-refractivity contribution in [3.63, 3.8) is 0 Å². The number of hydrogen-bond acceptors (Lipinski definition) is 6. The van der Waals surface area contributed by atoms with Crippen LogP contribution >= 0.6 is 0 Å². The summed E-state index contributed by atoms with van der Waals surface area (Å²) in [4.78, 5) is 0. The standard InChI is InChI=1S/C9H16N4O2/c1-6(7-3-2-4-14-7)11-9-13-12-8(5-10)15-9/h6-7H,2-5,10H2,1H3,(H,11,13). The summed E-state index contributed by atoms with van der Waals surface area (Å²) in [5.74, 6) is 0.442. The molecule has 6 heteroatoms. The zero-order valence-corrected chi connectivity index (χ0v) is 8.77. The van der Waals surface area contributed by atoms with Crippen molar-refractivity contribution in [3.8, 4) is 0 Å². The number of nitrogens with zero attached hydrogens (tertiary/aromatic N) is 2. The summed E-state index contributed by atoms with van der Waals surface area (Å²) < 4.78 is 10.8. The average molecular weight is 212 g/mol. The van der Waals surface area contributed by atoms with Crippen LogP contribution in [0.5, 0.6) is 0 Å². The fourth-order valence-electron chi connectivity index (χ4n) is 1.68. The lowest BCUT2D eigenvalue weighted by molar-refractivity contribution is 0.0989. The molecule has 1 aliphatic heterocycles. The minimum absolute atomic E-state index is 0.179. The van der Waals surface area contributed by atoms with Gasteiger partial charge in [-0.25, -0.2) is 0 Å². The van der Waals surface area contributed by atoms with E-state index in [9.17, 15) is 0 Å². The second kappa shape index (κ2) is 4.59. The number of hydrogen-bond donors (Lipinski definition) is 2. The van der Waals surface area contributed by atoms with Crippen LogP contribution in [-0.2, 0) is 11.3 Å². The molecule has 0 radical (unpaired) electrons. The number of nitrogens with two attached hydrogens (primary N) is 1. The van der Waals surface area contributed by atoms with E-state index in [1.807, 2.05) is 6.92 Å². The molecule has 1 aromatic rings. The molecule has 0 amide bonds. The molecule has 0 bridgehead atoms. The van der Waals surface area contributed by atoms with Gasteiger partial charge >= 0.3 is 6.01 Å². The molecule has 1 aromatic heterocycles. The molecule has 0 aliphatic carbocycles. The molecule has 2 heterocycles. The van der Waals surface area contributed by atoms with Gasteiger partial charge in [-0.15, -0.1) is 5.10 Å². The second-order valence-electron chi connectivity index (χ2n) is 3.69. The van der Waals surface area contributed by atoms with E-state index >= 15 is 0 Å². The monoisotopic (exact) mass is 212 g/mol. The second-order valence-corrected chi connectivity index (χ2v) is 3.69. The topological polar surface area (TPSA) is 86.2 Å². The van der Waals surface area contributed by atoms with Gasteiger partial charge < -0.3 is 20.2 Å². The molecule has 6 nitrogen and oxygen atoms in total. The molecular weight excluding hydrogens is 196 g/mol. The minimum Gasteiger partial charge on any atom is -0.407 e. The number of ether oxygens (including phenoxy) is 1. The van der Waals surface area contributed by atoms with Crippen LogP contribution in [0.4, 0.5) is 6.01 Å². The van der Waals surface area contributed by atoms with Gasteiger partial charge in [0.05, 0.1) is 18.7 Å². The number of aromatic nitrogens is 2. The predicted molar refractivity (Wildman–Crippen MR) is 54.2 cm³/mol. The van der Waals surface area contributed by atoms with Gasteiger partial charge in [-0.3, -0.25) is 0 Å². The smallest absolute Gasteiger partial charge is 0.315 e. The highest BCUT2D eigenvalue weighted by Crippen LogP contribution is 2.18. The molecule has 84 valence electrons. The zero-order chi connectivity index (χ0) is 10.7. The Bertz CT molecular complexity index is 309. The van der Waals surface area contributed by atoms with E-state index in [1.165, 1.54) is 0 Å². The highest BCUT2D eigenvalue weighted by Gasteiger charge is 2.23. The highest BCUT2D eigenvalue weighted by atomic mass is 16.5. The van der Waals surface area contributed by atoms with Gasteiger partial charge in [0.2, 0.25) is 5.89 Å². The van der Waals surface area contributed by atoms with E-state index in [4.69, 9.17) is 14.9 Å². The van der Waals surface area contributed by atoms with E-state index in [0.29, 0.717) is 11.9 Å². The lowest BCUT2D eigenvalue weighted by Gasteiger charge is -2.18. The maximum Gasteiger partial charge on any atom is 0.315 e. The Hall–Kier alpha value is -1.14. The lowest BCUT2D eigenvalue weighted by atomic mass is 10.1. The maximum atomic E-state index is 5.54. The summed E-state index contributed by atoms with van der Waals surface area (Å²) >= 11 is 0. The van der Waals surface area contributed by atoms with E-state index in [1.54, 1.807) is 0 Å². The third-order valence-electron chi connectivity index (χ3n) is 2.52. The molecule has 1 aliphatic rings. The quantitative estimate of drug-likeness (QED) is 0.756. The van der Waals surface area contributed by atoms with Crippen molar-refractivity contribution in [2.75, 3.05) is 11.9 Å². The van der Waals surface area contributed by atoms with Crippen molar-refractivity contribution in [2.45, 2.75) is 38.5 Å². The van der Waals surface area contributed by atoms with Gasteiger partial charge in [-0.2, -0.15) is 0 Å². The van der Waals surface area contributed by atoms with Crippen molar-refractivity contribution in [1.82, 2.24) is 10.2 Å². The molecule has 3 N–H and O–H groups in total. The number of rotatable bonds is 4. The summed E-state index contributed by atoms with van der Waals surface area (Å²) in [6, 6.07) is 0.594. The normalized spacial score (nSPS) is 22.9. The van der Waals surface area contributed by atoms with E-state index in [-0.39, 0.29) is 18.7 Å². The van der Waals surface area contributed by atoms with Crippen LogP contribution < -0.4 is 11.1 Å². The first-order valence-electron chi connectivity index (χ1n) is 5.20. The predicted octanol–water partition coefficient (Wildman–Crippen LogP) is 0.508. The summed E-state index contributed by atoms with van der Waals surface area (Å²) in [6.07, 6.45) is 2.43. The van der Waals surface area contributed by atoms with E-state index < -0.39 is 0 Å². The SMILES string of the molecule is CC(Nc1nnc(CN)o1)C1CCCO1. The molecule has 2 unspecified atom stereocenters. The van der Waals surface area contributed by atoms with Crippen molar-refractivity contribution in [2.24, 2.45) is 5.73 Å². The lowest BCUT2D eigenvalue weighted by Crippen LogP contribution is -2.30. The van der Waals surface area contributed by atoms with Gasteiger partial charge in [-0.1, -0.05) is 5.10 Å². The molecule has 0 spiro atoms. The first kappa shape index (κ1) is 10.4. The molecule has 0 aromatic carbocycles. The summed E-state index contributed by atoms with van der Waals surface area (Å²) in [6.45, 7) is 3.15. The minimum atomic E-state index is 0.179. The summed E-state index contributed by atoms with van der Waals surface area (Å²) in [5.41, 5.74) is 5.37. The maximum absolute atomic E-state index is 5.54. The first-order valence-corrected chi connectivity index (χ1v) is 5.20. The van der Waals surface area contributed by atoms with Gasteiger partial charge in [0.1, 0.15) is 0 Å². The molecule has 2 atom stereocenters. The molecule has 2 rings (SSSR count). The average Bonchev–Trinajstić information content (AvgIpc) is 2.87. The summed E-state index contributed by atoms with van der Waals surface area (Å²) in [5, 5.41) is 10.7. The van der Waals surface area contributed by atoms with E-state index in [0.717, 1.165) is 19.4 Å². The van der Waals surface area contributed by atoms with Crippen LogP contribution in [0.25, 0.3) is 0 Å². The zero-order valence-electron chi connectivity index (χ0n) is 8.77. The Kier molecular flexibility index (Phi) is 3.17. The Labute approximate surface area is 88.2 Å².